The van der Waals surface area contributed by atoms with Gasteiger partial charge in [0.05, 0.1) is 7.11 Å². The van der Waals surface area contributed by atoms with E-state index in [1.54, 1.807) is 20.1 Å². The molecular formula is C21H27NaO3. The van der Waals surface area contributed by atoms with Crippen LogP contribution in [0.5, 0.6) is 5.75 Å². The molecule has 0 aliphatic heterocycles. The molecule has 3 nitrogen and oxygen atoms in total. The minimum absolute atomic E-state index is 0. The number of carbonyl (C=O) groups is 1. The zero-order valence-electron chi connectivity index (χ0n) is 15.3. The first kappa shape index (κ1) is 23.4. The Morgan fingerprint density at radius 3 is 2.28 bits per heavy atom. The monoisotopic (exact) mass is 350 g/mol. The fourth-order valence-corrected chi connectivity index (χ4v) is 2.40. The van der Waals surface area contributed by atoms with Crippen LogP contribution in [0, 0.1) is 20.8 Å². The van der Waals surface area contributed by atoms with Gasteiger partial charge in [-0.25, -0.2) is 4.79 Å². The molecule has 0 unspecified atom stereocenters. The van der Waals surface area contributed by atoms with E-state index < -0.39 is 5.97 Å². The number of rotatable bonds is 6. The Hall–Kier alpha value is -1.55. The van der Waals surface area contributed by atoms with Crippen LogP contribution in [0.3, 0.4) is 0 Å². The molecule has 1 N–H and O–H groups in total. The van der Waals surface area contributed by atoms with Gasteiger partial charge in [-0.3, -0.25) is 0 Å². The molecule has 1 aromatic carbocycles. The van der Waals surface area contributed by atoms with E-state index in [9.17, 15) is 4.79 Å². The van der Waals surface area contributed by atoms with Crippen molar-refractivity contribution in [3.8, 4) is 5.75 Å². The third-order valence-corrected chi connectivity index (χ3v) is 3.91. The summed E-state index contributed by atoms with van der Waals surface area (Å²) in [4.78, 5) is 10.6. The zero-order chi connectivity index (χ0) is 18.3. The summed E-state index contributed by atoms with van der Waals surface area (Å²) < 4.78 is 5.40. The number of benzene rings is 1. The fourth-order valence-electron chi connectivity index (χ4n) is 2.40. The molecule has 1 rings (SSSR count). The van der Waals surface area contributed by atoms with Crippen LogP contribution in [0.15, 0.2) is 47.6 Å². The van der Waals surface area contributed by atoms with Crippen LogP contribution in [0.4, 0.5) is 0 Å². The molecule has 0 radical (unpaired) electrons. The molecule has 0 aromatic heterocycles. The molecule has 0 saturated heterocycles. The van der Waals surface area contributed by atoms with Gasteiger partial charge in [-0.2, -0.15) is 0 Å². The number of hydrogen-bond acceptors (Lipinski definition) is 2. The van der Waals surface area contributed by atoms with Crippen molar-refractivity contribution in [1.82, 2.24) is 0 Å². The van der Waals surface area contributed by atoms with Gasteiger partial charge in [0, 0.05) is 6.08 Å². The van der Waals surface area contributed by atoms with Crippen LogP contribution >= 0.6 is 0 Å². The summed E-state index contributed by atoms with van der Waals surface area (Å²) in [6.07, 6.45) is 10.9. The average molecular weight is 350 g/mol. The number of carboxylic acids is 1. The van der Waals surface area contributed by atoms with E-state index in [2.05, 4.69) is 39.0 Å². The van der Waals surface area contributed by atoms with Gasteiger partial charge in [0.15, 0.2) is 0 Å². The summed E-state index contributed by atoms with van der Waals surface area (Å²) in [7, 11) is 1.69. The maximum atomic E-state index is 10.6. The normalized spacial score (nSPS) is 12.6. The summed E-state index contributed by atoms with van der Waals surface area (Å²) in [5.41, 5.74) is 6.53. The number of allylic oxidation sites excluding steroid dienone is 6. The molecule has 25 heavy (non-hydrogen) atoms. The quantitative estimate of drug-likeness (QED) is 0.466. The third kappa shape index (κ3) is 7.47. The van der Waals surface area contributed by atoms with Gasteiger partial charge < -0.3 is 9.84 Å². The number of aliphatic carboxylic acids is 1. The molecule has 4 heteroatoms. The first-order valence-electron chi connectivity index (χ1n) is 7.85. The number of ether oxygens (including phenoxy) is 1. The zero-order valence-corrected chi connectivity index (χ0v) is 15.3. The van der Waals surface area contributed by atoms with Gasteiger partial charge in [-0.15, -0.1) is 0 Å². The van der Waals surface area contributed by atoms with E-state index in [0.29, 0.717) is 5.57 Å². The predicted molar refractivity (Wildman–Crippen MR) is 108 cm³/mol. The molecule has 1 aromatic rings. The Kier molecular flexibility index (Phi) is 10.4. The molecule has 0 amide bonds. The van der Waals surface area contributed by atoms with Crippen LogP contribution < -0.4 is 4.74 Å². The summed E-state index contributed by atoms with van der Waals surface area (Å²) in [5, 5.41) is 8.67. The molecule has 0 aliphatic carbocycles. The summed E-state index contributed by atoms with van der Waals surface area (Å²) in [6.45, 7) is 10.0. The molecule has 0 aliphatic rings. The predicted octanol–water partition coefficient (Wildman–Crippen LogP) is 4.52. The second-order valence-electron chi connectivity index (χ2n) is 5.89. The fraction of sp³-hybridized carbons (Fsp3) is 0.286. The number of hydrogen-bond donors (Lipinski definition) is 1. The van der Waals surface area contributed by atoms with Crippen LogP contribution in [0.2, 0.25) is 0 Å². The van der Waals surface area contributed by atoms with E-state index in [1.807, 2.05) is 19.1 Å². The van der Waals surface area contributed by atoms with E-state index in [4.69, 9.17) is 9.84 Å². The van der Waals surface area contributed by atoms with Gasteiger partial charge in [0.1, 0.15) is 5.75 Å². The van der Waals surface area contributed by atoms with Crippen molar-refractivity contribution in [3.05, 3.63) is 69.8 Å². The van der Waals surface area contributed by atoms with E-state index >= 15 is 0 Å². The first-order chi connectivity index (χ1) is 11.3. The van der Waals surface area contributed by atoms with E-state index in [0.717, 1.165) is 16.9 Å². The van der Waals surface area contributed by atoms with Crippen molar-refractivity contribution in [3.63, 3.8) is 0 Å². The Morgan fingerprint density at radius 2 is 1.72 bits per heavy atom. The first-order valence-corrected chi connectivity index (χ1v) is 7.85. The number of carboxylic acid groups (broad SMARTS) is 1. The Bertz CT molecular complexity index is 738. The Balaban J connectivity index is 0.00000576. The van der Waals surface area contributed by atoms with Gasteiger partial charge in [-0.05, 0) is 68.5 Å². The maximum absolute atomic E-state index is 10.6. The topological polar surface area (TPSA) is 46.5 Å². The number of aryl methyl sites for hydroxylation is 1. The molecule has 0 atom stereocenters. The van der Waals surface area contributed by atoms with Crippen LogP contribution in [-0.4, -0.2) is 47.7 Å². The van der Waals surface area contributed by atoms with Crippen LogP contribution in [-0.2, 0) is 4.79 Å². The average Bonchev–Trinajstić information content (AvgIpc) is 2.50. The second kappa shape index (κ2) is 11.1. The molecule has 0 bridgehead atoms. The second-order valence-corrected chi connectivity index (χ2v) is 5.89. The van der Waals surface area contributed by atoms with Crippen molar-refractivity contribution < 1.29 is 14.6 Å². The molecule has 0 fully saturated rings. The van der Waals surface area contributed by atoms with Crippen molar-refractivity contribution in [1.29, 1.82) is 0 Å². The number of methoxy groups -OCH3 is 1. The van der Waals surface area contributed by atoms with E-state index in [1.165, 1.54) is 22.8 Å². The van der Waals surface area contributed by atoms with Gasteiger partial charge in [0.25, 0.3) is 0 Å². The van der Waals surface area contributed by atoms with Gasteiger partial charge in [0.2, 0.25) is 0 Å². The van der Waals surface area contributed by atoms with Crippen LogP contribution in [0.25, 0.3) is 6.08 Å². The van der Waals surface area contributed by atoms with Crippen molar-refractivity contribution >= 4 is 41.6 Å². The molecule has 0 saturated carbocycles. The SMILES string of the molecule is COc1cc(C)c(/C=C/C(C)=C/C=C/C(C)=C/C(=O)O)c(C)c1C.[NaH]. The van der Waals surface area contributed by atoms with Gasteiger partial charge in [-0.1, -0.05) is 36.0 Å². The van der Waals surface area contributed by atoms with E-state index in [-0.39, 0.29) is 29.6 Å². The summed E-state index contributed by atoms with van der Waals surface area (Å²) in [5.74, 6) is -0.0170. The Labute approximate surface area is 173 Å². The van der Waals surface area contributed by atoms with Crippen LogP contribution in [0.1, 0.15) is 36.1 Å². The van der Waals surface area contributed by atoms with Gasteiger partial charge >= 0.3 is 35.5 Å². The molecule has 0 spiro atoms. The molecule has 0 heterocycles. The standard InChI is InChI=1S/C21H26O3.Na.H/c1-14(8-7-9-15(2)12-21(22)23)10-11-19-16(3)13-20(24-6)18(5)17(19)4;;/h7-13H,1-6H3,(H,22,23);;/b9-7+,11-10+,14-8+,15-12+;;. The van der Waals surface area contributed by atoms with Crippen molar-refractivity contribution in [2.45, 2.75) is 34.6 Å². The third-order valence-electron chi connectivity index (χ3n) is 3.91. The molecule has 130 valence electrons. The Morgan fingerprint density at radius 1 is 1.08 bits per heavy atom. The van der Waals surface area contributed by atoms with Crippen molar-refractivity contribution in [2.75, 3.05) is 7.11 Å². The summed E-state index contributed by atoms with van der Waals surface area (Å²) >= 11 is 0. The summed E-state index contributed by atoms with van der Waals surface area (Å²) in [6, 6.07) is 2.06. The molecular weight excluding hydrogens is 323 g/mol. The minimum atomic E-state index is -0.932. The van der Waals surface area contributed by atoms with Crippen molar-refractivity contribution in [2.24, 2.45) is 0 Å².